The standard InChI is InChI=1S/C18H20F2N4O3S/c1-2-24-14-10(16(26)12-17(27)21-28-18(12)24)9-11(19)15(13(14)20)23-5-3-22(4-6-23)7-8-25/h9,25H,2-8H2,1H3,(H,21,27). The van der Waals surface area contributed by atoms with Crippen molar-refractivity contribution in [3.63, 3.8) is 0 Å². The molecule has 0 saturated carbocycles. The number of aromatic amines is 1. The van der Waals surface area contributed by atoms with Crippen LogP contribution in [0.5, 0.6) is 0 Å². The first-order chi connectivity index (χ1) is 13.5. The van der Waals surface area contributed by atoms with E-state index >= 15 is 4.39 Å². The lowest BCUT2D eigenvalue weighted by atomic mass is 10.1. The summed E-state index contributed by atoms with van der Waals surface area (Å²) >= 11 is 0.975. The summed E-state index contributed by atoms with van der Waals surface area (Å²) in [6, 6.07) is 1.04. The Balaban J connectivity index is 1.92. The molecular formula is C18H20F2N4O3S. The predicted octanol–water partition coefficient (Wildman–Crippen LogP) is 1.32. The highest BCUT2D eigenvalue weighted by atomic mass is 32.1. The van der Waals surface area contributed by atoms with E-state index in [0.717, 1.165) is 17.6 Å². The molecular weight excluding hydrogens is 390 g/mol. The van der Waals surface area contributed by atoms with E-state index in [1.165, 1.54) is 0 Å². The highest BCUT2D eigenvalue weighted by Gasteiger charge is 2.27. The summed E-state index contributed by atoms with van der Waals surface area (Å²) in [4.78, 5) is 28.8. The number of rotatable bonds is 4. The largest absolute Gasteiger partial charge is 0.395 e. The first-order valence-corrected chi connectivity index (χ1v) is 9.93. The van der Waals surface area contributed by atoms with Crippen molar-refractivity contribution < 1.29 is 13.9 Å². The molecule has 1 saturated heterocycles. The molecule has 1 aromatic carbocycles. The smallest absolute Gasteiger partial charge is 0.271 e. The Morgan fingerprint density at radius 1 is 1.21 bits per heavy atom. The fourth-order valence-corrected chi connectivity index (χ4v) is 4.79. The molecule has 0 bridgehead atoms. The molecule has 0 unspecified atom stereocenters. The highest BCUT2D eigenvalue weighted by Crippen LogP contribution is 2.32. The van der Waals surface area contributed by atoms with E-state index in [1.807, 2.05) is 4.90 Å². The summed E-state index contributed by atoms with van der Waals surface area (Å²) in [6.07, 6.45) is 0. The molecule has 1 aliphatic heterocycles. The van der Waals surface area contributed by atoms with Gasteiger partial charge in [0.2, 0.25) is 5.43 Å². The second-order valence-corrected chi connectivity index (χ2v) is 7.55. The minimum Gasteiger partial charge on any atom is -0.395 e. The lowest BCUT2D eigenvalue weighted by molar-refractivity contribution is 0.188. The number of H-pyrrole nitrogens is 1. The number of hydrogen-bond acceptors (Lipinski definition) is 6. The number of β-amino-alcohol motifs (C(OH)–C–C–N with tert-alkyl or cyclic N) is 1. The number of pyridine rings is 1. The first-order valence-electron chi connectivity index (χ1n) is 9.11. The summed E-state index contributed by atoms with van der Waals surface area (Å²) in [7, 11) is 0. The average molecular weight is 410 g/mol. The van der Waals surface area contributed by atoms with Gasteiger partial charge in [-0.1, -0.05) is 0 Å². The van der Waals surface area contributed by atoms with E-state index < -0.39 is 22.6 Å². The molecule has 28 heavy (non-hydrogen) atoms. The van der Waals surface area contributed by atoms with Crippen molar-refractivity contribution in [1.29, 1.82) is 0 Å². The Hall–Kier alpha value is -2.30. The number of aliphatic hydroxyl groups excluding tert-OH is 1. The van der Waals surface area contributed by atoms with Gasteiger partial charge in [-0.2, -0.15) is 0 Å². The fourth-order valence-electron chi connectivity index (χ4n) is 3.88. The van der Waals surface area contributed by atoms with Gasteiger partial charge in [0.25, 0.3) is 5.56 Å². The van der Waals surface area contributed by atoms with E-state index in [9.17, 15) is 14.0 Å². The number of piperazine rings is 1. The van der Waals surface area contributed by atoms with E-state index in [1.54, 1.807) is 16.4 Å². The van der Waals surface area contributed by atoms with Crippen LogP contribution in [0.15, 0.2) is 15.7 Å². The van der Waals surface area contributed by atoms with E-state index in [0.29, 0.717) is 44.1 Å². The van der Waals surface area contributed by atoms with Crippen LogP contribution in [0.25, 0.3) is 21.1 Å². The number of aliphatic hydroxyl groups is 1. The number of nitrogens with zero attached hydrogens (tertiary/aromatic N) is 3. The molecule has 10 heteroatoms. The van der Waals surface area contributed by atoms with Crippen molar-refractivity contribution in [2.45, 2.75) is 13.5 Å². The summed E-state index contributed by atoms with van der Waals surface area (Å²) in [5.74, 6) is -1.60. The molecule has 0 atom stereocenters. The van der Waals surface area contributed by atoms with Crippen LogP contribution in [-0.4, -0.2) is 58.3 Å². The molecule has 2 N–H and O–H groups in total. The van der Waals surface area contributed by atoms with Gasteiger partial charge in [0, 0.05) is 39.3 Å². The van der Waals surface area contributed by atoms with Gasteiger partial charge in [-0.3, -0.25) is 18.9 Å². The number of fused-ring (bicyclic) bond motifs is 2. The van der Waals surface area contributed by atoms with Gasteiger partial charge in [0.05, 0.1) is 17.5 Å². The summed E-state index contributed by atoms with van der Waals surface area (Å²) in [5, 5.41) is 8.85. The van der Waals surface area contributed by atoms with Crippen molar-refractivity contribution in [2.75, 3.05) is 44.2 Å². The van der Waals surface area contributed by atoms with Crippen LogP contribution >= 0.6 is 11.5 Å². The van der Waals surface area contributed by atoms with Crippen LogP contribution in [0, 0.1) is 11.6 Å². The predicted molar refractivity (Wildman–Crippen MR) is 106 cm³/mol. The van der Waals surface area contributed by atoms with Crippen molar-refractivity contribution in [2.24, 2.45) is 0 Å². The lowest BCUT2D eigenvalue weighted by Crippen LogP contribution is -2.47. The number of halogens is 2. The molecule has 0 spiro atoms. The monoisotopic (exact) mass is 410 g/mol. The van der Waals surface area contributed by atoms with Crippen molar-refractivity contribution in [1.82, 2.24) is 13.8 Å². The lowest BCUT2D eigenvalue weighted by Gasteiger charge is -2.36. The van der Waals surface area contributed by atoms with Crippen molar-refractivity contribution >= 4 is 38.3 Å². The number of hydrogen-bond donors (Lipinski definition) is 2. The summed E-state index contributed by atoms with van der Waals surface area (Å²) in [5.41, 5.74) is -1.34. The Morgan fingerprint density at radius 2 is 1.93 bits per heavy atom. The molecule has 3 aromatic rings. The second kappa shape index (κ2) is 7.26. The first kappa shape index (κ1) is 19.0. The number of aryl methyl sites for hydroxylation is 1. The molecule has 1 aliphatic rings. The maximum Gasteiger partial charge on any atom is 0.271 e. The molecule has 4 rings (SSSR count). The van der Waals surface area contributed by atoms with Gasteiger partial charge in [-0.15, -0.1) is 0 Å². The summed E-state index contributed by atoms with van der Waals surface area (Å²) in [6.45, 7) is 4.65. The minimum atomic E-state index is -0.814. The minimum absolute atomic E-state index is 0.0180. The molecule has 1 fully saturated rings. The molecule has 0 radical (unpaired) electrons. The number of anilines is 1. The Bertz CT molecular complexity index is 1160. The zero-order chi connectivity index (χ0) is 20.0. The van der Waals surface area contributed by atoms with Crippen LogP contribution in [0.1, 0.15) is 6.92 Å². The molecule has 7 nitrogen and oxygen atoms in total. The van der Waals surface area contributed by atoms with E-state index in [4.69, 9.17) is 5.11 Å². The van der Waals surface area contributed by atoms with Crippen LogP contribution in [0.3, 0.4) is 0 Å². The highest BCUT2D eigenvalue weighted by molar-refractivity contribution is 7.12. The van der Waals surface area contributed by atoms with Crippen LogP contribution in [0.4, 0.5) is 14.5 Å². The molecule has 0 aliphatic carbocycles. The van der Waals surface area contributed by atoms with Gasteiger partial charge >= 0.3 is 0 Å². The Kier molecular flexibility index (Phi) is 4.94. The number of benzene rings is 1. The maximum absolute atomic E-state index is 15.5. The topological polar surface area (TPSA) is 81.6 Å². The molecule has 150 valence electrons. The fraction of sp³-hybridized carbons (Fsp3) is 0.444. The zero-order valence-corrected chi connectivity index (χ0v) is 16.1. The zero-order valence-electron chi connectivity index (χ0n) is 15.3. The average Bonchev–Trinajstić information content (AvgIpc) is 3.06. The maximum atomic E-state index is 15.5. The third-order valence-corrected chi connectivity index (χ3v) is 6.16. The van der Waals surface area contributed by atoms with Gasteiger partial charge in [-0.25, -0.2) is 8.78 Å². The Morgan fingerprint density at radius 3 is 2.57 bits per heavy atom. The third-order valence-electron chi connectivity index (χ3n) is 5.26. The quantitative estimate of drug-likeness (QED) is 0.678. The van der Waals surface area contributed by atoms with Gasteiger partial charge in [-0.05, 0) is 24.5 Å². The van der Waals surface area contributed by atoms with Gasteiger partial charge in [0.1, 0.15) is 21.7 Å². The third kappa shape index (κ3) is 2.83. The van der Waals surface area contributed by atoms with Crippen molar-refractivity contribution in [3.8, 4) is 0 Å². The van der Waals surface area contributed by atoms with Crippen molar-refractivity contribution in [3.05, 3.63) is 38.3 Å². The van der Waals surface area contributed by atoms with Crippen LogP contribution in [-0.2, 0) is 6.54 Å². The molecule has 3 heterocycles. The number of aromatic nitrogens is 2. The second-order valence-electron chi connectivity index (χ2n) is 6.76. The molecule has 0 amide bonds. The van der Waals surface area contributed by atoms with Gasteiger partial charge < -0.3 is 14.6 Å². The SMILES string of the molecule is CCn1c2s[nH]c(=O)c2c(=O)c2cc(F)c(N3CCN(CCO)CC3)c(F)c21. The summed E-state index contributed by atoms with van der Waals surface area (Å²) < 4.78 is 34.5. The van der Waals surface area contributed by atoms with E-state index in [-0.39, 0.29) is 28.6 Å². The van der Waals surface area contributed by atoms with Gasteiger partial charge in [0.15, 0.2) is 5.82 Å². The number of nitrogens with one attached hydrogen (secondary N) is 1. The normalized spacial score (nSPS) is 15.8. The van der Waals surface area contributed by atoms with E-state index in [2.05, 4.69) is 4.37 Å². The molecule has 2 aromatic heterocycles. The van der Waals surface area contributed by atoms with Crippen LogP contribution in [0.2, 0.25) is 0 Å². The van der Waals surface area contributed by atoms with Crippen LogP contribution < -0.4 is 15.9 Å². The Labute approximate surface area is 162 Å².